The quantitative estimate of drug-likeness (QED) is 0.529. The molecule has 136 valence electrons. The SMILES string of the molecule is O=c1[nH]cc(-n2c(SCc3ccc(Cl)cc3)nn3nccc3c2=O)cc1F. The molecule has 0 radical (unpaired) electrons. The summed E-state index contributed by atoms with van der Waals surface area (Å²) in [6.07, 6.45) is 2.73. The van der Waals surface area contributed by atoms with Crippen LogP contribution in [0.3, 0.4) is 0 Å². The van der Waals surface area contributed by atoms with Gasteiger partial charge in [0.25, 0.3) is 11.1 Å². The van der Waals surface area contributed by atoms with E-state index in [1.54, 1.807) is 12.1 Å². The summed E-state index contributed by atoms with van der Waals surface area (Å²) in [4.78, 5) is 26.5. The molecular formula is C17H11ClFN5O2S. The molecule has 0 unspecified atom stereocenters. The van der Waals surface area contributed by atoms with Crippen molar-refractivity contribution in [3.63, 3.8) is 0 Å². The zero-order valence-corrected chi connectivity index (χ0v) is 15.2. The largest absolute Gasteiger partial charge is 0.324 e. The van der Waals surface area contributed by atoms with Gasteiger partial charge in [-0.25, -0.2) is 4.39 Å². The number of hydrogen-bond donors (Lipinski definition) is 1. The van der Waals surface area contributed by atoms with Crippen molar-refractivity contribution in [2.45, 2.75) is 10.9 Å². The average Bonchev–Trinajstić information content (AvgIpc) is 3.13. The zero-order valence-electron chi connectivity index (χ0n) is 13.6. The van der Waals surface area contributed by atoms with E-state index in [1.165, 1.54) is 39.4 Å². The van der Waals surface area contributed by atoms with Crippen LogP contribution in [0.15, 0.2) is 63.5 Å². The number of halogens is 2. The van der Waals surface area contributed by atoms with Gasteiger partial charge in [0.1, 0.15) is 0 Å². The summed E-state index contributed by atoms with van der Waals surface area (Å²) in [5.41, 5.74) is 0.0934. The van der Waals surface area contributed by atoms with E-state index in [9.17, 15) is 14.0 Å². The van der Waals surface area contributed by atoms with Gasteiger partial charge in [0.2, 0.25) is 0 Å². The summed E-state index contributed by atoms with van der Waals surface area (Å²) in [6, 6.07) is 9.79. The first-order valence-electron chi connectivity index (χ1n) is 7.76. The maximum Gasteiger partial charge on any atom is 0.285 e. The molecule has 0 saturated carbocycles. The van der Waals surface area contributed by atoms with Crippen molar-refractivity contribution in [2.75, 3.05) is 0 Å². The van der Waals surface area contributed by atoms with Crippen molar-refractivity contribution in [2.24, 2.45) is 0 Å². The molecule has 27 heavy (non-hydrogen) atoms. The molecule has 0 atom stereocenters. The number of benzene rings is 1. The Labute approximate surface area is 160 Å². The standard InChI is InChI=1S/C17H11ClFN5O2S/c18-11-3-1-10(2-4-11)9-27-17-22-24-14(5-6-21-24)16(26)23(17)12-7-13(19)15(25)20-8-12/h1-8H,9H2,(H,20,25). The van der Waals surface area contributed by atoms with E-state index in [0.717, 1.165) is 11.6 Å². The highest BCUT2D eigenvalue weighted by molar-refractivity contribution is 7.98. The number of aromatic amines is 1. The van der Waals surface area contributed by atoms with Crippen molar-refractivity contribution in [3.8, 4) is 5.69 Å². The highest BCUT2D eigenvalue weighted by atomic mass is 35.5. The van der Waals surface area contributed by atoms with Crippen LogP contribution in [0.4, 0.5) is 4.39 Å². The number of hydrogen-bond acceptors (Lipinski definition) is 5. The van der Waals surface area contributed by atoms with E-state index in [2.05, 4.69) is 15.2 Å². The van der Waals surface area contributed by atoms with Crippen LogP contribution < -0.4 is 11.1 Å². The molecule has 1 aromatic carbocycles. The summed E-state index contributed by atoms with van der Waals surface area (Å²) in [5, 5.41) is 9.28. The molecule has 3 heterocycles. The lowest BCUT2D eigenvalue weighted by atomic mass is 10.2. The van der Waals surface area contributed by atoms with Crippen LogP contribution >= 0.6 is 23.4 Å². The minimum Gasteiger partial charge on any atom is -0.324 e. The summed E-state index contributed by atoms with van der Waals surface area (Å²) in [5.74, 6) is -0.483. The molecule has 0 aliphatic carbocycles. The fraction of sp³-hybridized carbons (Fsp3) is 0.0588. The minimum atomic E-state index is -0.985. The molecule has 3 aromatic heterocycles. The molecule has 0 amide bonds. The minimum absolute atomic E-state index is 0.173. The fourth-order valence-electron chi connectivity index (χ4n) is 2.48. The smallest absolute Gasteiger partial charge is 0.285 e. The number of thioether (sulfide) groups is 1. The lowest BCUT2D eigenvalue weighted by molar-refractivity contribution is 0.601. The molecule has 0 aliphatic rings. The fourth-order valence-corrected chi connectivity index (χ4v) is 3.55. The molecule has 0 bridgehead atoms. The average molecular weight is 404 g/mol. The van der Waals surface area contributed by atoms with Gasteiger partial charge in [-0.1, -0.05) is 35.5 Å². The van der Waals surface area contributed by atoms with Crippen LogP contribution in [0.25, 0.3) is 11.2 Å². The van der Waals surface area contributed by atoms with Gasteiger partial charge in [0.15, 0.2) is 16.5 Å². The van der Waals surface area contributed by atoms with Crippen LogP contribution in [-0.4, -0.2) is 24.4 Å². The monoisotopic (exact) mass is 403 g/mol. The molecule has 1 N–H and O–H groups in total. The van der Waals surface area contributed by atoms with E-state index >= 15 is 0 Å². The maximum atomic E-state index is 13.8. The Kier molecular flexibility index (Phi) is 4.54. The van der Waals surface area contributed by atoms with Gasteiger partial charge in [-0.15, -0.1) is 9.73 Å². The Balaban J connectivity index is 1.82. The third kappa shape index (κ3) is 3.38. The lowest BCUT2D eigenvalue weighted by Crippen LogP contribution is -2.25. The van der Waals surface area contributed by atoms with Crippen LogP contribution in [0, 0.1) is 5.82 Å². The Hall–Kier alpha value is -2.91. The lowest BCUT2D eigenvalue weighted by Gasteiger charge is -2.12. The van der Waals surface area contributed by atoms with E-state index in [0.29, 0.717) is 15.9 Å². The number of nitrogens with zero attached hydrogens (tertiary/aromatic N) is 4. The van der Waals surface area contributed by atoms with Gasteiger partial charge >= 0.3 is 0 Å². The van der Waals surface area contributed by atoms with E-state index in [1.807, 2.05) is 12.1 Å². The van der Waals surface area contributed by atoms with Gasteiger partial charge in [-0.05, 0) is 23.8 Å². The van der Waals surface area contributed by atoms with Gasteiger partial charge in [-0.2, -0.15) is 5.10 Å². The summed E-state index contributed by atoms with van der Waals surface area (Å²) in [6.45, 7) is 0. The Morgan fingerprint density at radius 1 is 1.19 bits per heavy atom. The second-order valence-corrected chi connectivity index (χ2v) is 6.96. The zero-order chi connectivity index (χ0) is 19.0. The van der Waals surface area contributed by atoms with Crippen molar-refractivity contribution >= 4 is 28.9 Å². The first kappa shape index (κ1) is 17.5. The van der Waals surface area contributed by atoms with Crippen LogP contribution in [-0.2, 0) is 5.75 Å². The molecule has 0 saturated heterocycles. The highest BCUT2D eigenvalue weighted by Gasteiger charge is 2.15. The normalized spacial score (nSPS) is 11.2. The second-order valence-electron chi connectivity index (χ2n) is 5.58. The first-order chi connectivity index (χ1) is 13.0. The predicted molar refractivity (Wildman–Crippen MR) is 100 cm³/mol. The molecule has 0 fully saturated rings. The van der Waals surface area contributed by atoms with Gasteiger partial charge in [0.05, 0.1) is 11.9 Å². The number of pyridine rings is 1. The number of nitrogens with one attached hydrogen (secondary N) is 1. The Morgan fingerprint density at radius 2 is 1.96 bits per heavy atom. The first-order valence-corrected chi connectivity index (χ1v) is 9.12. The molecular weight excluding hydrogens is 393 g/mol. The second kappa shape index (κ2) is 7.01. The third-order valence-electron chi connectivity index (χ3n) is 3.80. The van der Waals surface area contributed by atoms with Crippen LogP contribution in [0.2, 0.25) is 5.02 Å². The van der Waals surface area contributed by atoms with E-state index in [-0.39, 0.29) is 11.2 Å². The summed E-state index contributed by atoms with van der Waals surface area (Å²) in [7, 11) is 0. The van der Waals surface area contributed by atoms with Crippen LogP contribution in [0.5, 0.6) is 0 Å². The maximum absolute atomic E-state index is 13.8. The van der Waals surface area contributed by atoms with Crippen molar-refractivity contribution in [3.05, 3.63) is 85.9 Å². The highest BCUT2D eigenvalue weighted by Crippen LogP contribution is 2.23. The Bertz CT molecular complexity index is 1250. The number of fused-ring (bicyclic) bond motifs is 1. The Morgan fingerprint density at radius 3 is 2.70 bits per heavy atom. The molecule has 0 spiro atoms. The van der Waals surface area contributed by atoms with Crippen molar-refractivity contribution in [1.82, 2.24) is 24.4 Å². The molecule has 10 heteroatoms. The molecule has 7 nitrogen and oxygen atoms in total. The summed E-state index contributed by atoms with van der Waals surface area (Å²) >= 11 is 7.17. The predicted octanol–water partition coefficient (Wildman–Crippen LogP) is 2.65. The van der Waals surface area contributed by atoms with Crippen molar-refractivity contribution < 1.29 is 4.39 Å². The summed E-state index contributed by atoms with van der Waals surface area (Å²) < 4.78 is 16.2. The van der Waals surface area contributed by atoms with E-state index < -0.39 is 16.9 Å². The molecule has 4 rings (SSSR count). The number of rotatable bonds is 4. The third-order valence-corrected chi connectivity index (χ3v) is 5.05. The molecule has 0 aliphatic heterocycles. The molecule has 4 aromatic rings. The van der Waals surface area contributed by atoms with Gasteiger partial charge in [-0.3, -0.25) is 14.2 Å². The van der Waals surface area contributed by atoms with Gasteiger partial charge < -0.3 is 4.98 Å². The van der Waals surface area contributed by atoms with Crippen LogP contribution in [0.1, 0.15) is 5.56 Å². The number of H-pyrrole nitrogens is 1. The number of aromatic nitrogens is 5. The topological polar surface area (TPSA) is 85.1 Å². The van der Waals surface area contributed by atoms with Crippen molar-refractivity contribution in [1.29, 1.82) is 0 Å². The van der Waals surface area contributed by atoms with Gasteiger partial charge in [0, 0.05) is 23.0 Å². The van der Waals surface area contributed by atoms with E-state index in [4.69, 9.17) is 11.6 Å².